The number of hydrogen-bond donors (Lipinski definition) is 1. The number of hydrogen-bond acceptors (Lipinski definition) is 4. The second-order valence-corrected chi connectivity index (χ2v) is 6.43. The fourth-order valence-electron chi connectivity index (χ4n) is 2.73. The van der Waals surface area contributed by atoms with Crippen molar-refractivity contribution >= 4 is 23.2 Å². The first kappa shape index (κ1) is 20.9. The van der Waals surface area contributed by atoms with Crippen molar-refractivity contribution in [3.8, 4) is 0 Å². The number of rotatable bonds is 9. The first-order valence-corrected chi connectivity index (χ1v) is 9.25. The van der Waals surface area contributed by atoms with Crippen molar-refractivity contribution in [2.24, 2.45) is 5.16 Å². The van der Waals surface area contributed by atoms with Gasteiger partial charge < -0.3 is 14.9 Å². The van der Waals surface area contributed by atoms with E-state index in [1.807, 2.05) is 48.5 Å². The summed E-state index contributed by atoms with van der Waals surface area (Å²) in [6, 6.07) is 15.1. The SMILES string of the molecule is CCC/C(=N\OCc1ccccc1C(OC)C(=O)NC)c1ccc(Cl)cc1. The van der Waals surface area contributed by atoms with Crippen LogP contribution in [0.25, 0.3) is 0 Å². The molecule has 1 atom stereocenters. The van der Waals surface area contributed by atoms with Gasteiger partial charge in [0.15, 0.2) is 6.10 Å². The highest BCUT2D eigenvalue weighted by Gasteiger charge is 2.21. The van der Waals surface area contributed by atoms with Crippen molar-refractivity contribution < 1.29 is 14.4 Å². The van der Waals surface area contributed by atoms with Crippen LogP contribution in [0.2, 0.25) is 5.02 Å². The van der Waals surface area contributed by atoms with Crippen LogP contribution < -0.4 is 5.32 Å². The molecular formula is C21H25ClN2O3. The Morgan fingerprint density at radius 3 is 2.52 bits per heavy atom. The normalized spacial score (nSPS) is 12.5. The smallest absolute Gasteiger partial charge is 0.253 e. The van der Waals surface area contributed by atoms with E-state index in [1.165, 1.54) is 7.11 Å². The van der Waals surface area contributed by atoms with Crippen molar-refractivity contribution in [3.63, 3.8) is 0 Å². The number of carbonyl (C=O) groups is 1. The molecule has 0 radical (unpaired) electrons. The Hall–Kier alpha value is -2.37. The van der Waals surface area contributed by atoms with E-state index in [9.17, 15) is 4.79 Å². The predicted molar refractivity (Wildman–Crippen MR) is 108 cm³/mol. The van der Waals surface area contributed by atoms with Crippen LogP contribution in [-0.4, -0.2) is 25.8 Å². The van der Waals surface area contributed by atoms with Gasteiger partial charge in [-0.2, -0.15) is 0 Å². The zero-order valence-corrected chi connectivity index (χ0v) is 16.6. The van der Waals surface area contributed by atoms with Gasteiger partial charge in [0.1, 0.15) is 6.61 Å². The van der Waals surface area contributed by atoms with Crippen LogP contribution in [0.4, 0.5) is 0 Å². The van der Waals surface area contributed by atoms with E-state index in [0.717, 1.165) is 35.2 Å². The molecule has 6 heteroatoms. The standard InChI is InChI=1S/C21H25ClN2O3/c1-4-7-19(15-10-12-17(22)13-11-15)24-27-14-16-8-5-6-9-18(16)20(26-3)21(25)23-2/h5-6,8-13,20H,4,7,14H2,1-3H3,(H,23,25)/b24-19+. The van der Waals surface area contributed by atoms with E-state index in [0.29, 0.717) is 5.02 Å². The number of oxime groups is 1. The fourth-order valence-corrected chi connectivity index (χ4v) is 2.86. The van der Waals surface area contributed by atoms with Crippen LogP contribution in [0.1, 0.15) is 42.6 Å². The fraction of sp³-hybridized carbons (Fsp3) is 0.333. The molecule has 0 fully saturated rings. The van der Waals surface area contributed by atoms with Crippen LogP contribution in [0.3, 0.4) is 0 Å². The summed E-state index contributed by atoms with van der Waals surface area (Å²) in [5.74, 6) is -0.207. The minimum atomic E-state index is -0.690. The van der Waals surface area contributed by atoms with Crippen LogP contribution in [-0.2, 0) is 21.0 Å². The molecule has 144 valence electrons. The van der Waals surface area contributed by atoms with Crippen molar-refractivity contribution in [2.45, 2.75) is 32.5 Å². The van der Waals surface area contributed by atoms with Crippen molar-refractivity contribution in [1.82, 2.24) is 5.32 Å². The number of ether oxygens (including phenoxy) is 1. The van der Waals surface area contributed by atoms with Crippen LogP contribution in [0, 0.1) is 0 Å². The molecule has 0 aliphatic heterocycles. The molecule has 2 rings (SSSR count). The third-order valence-electron chi connectivity index (χ3n) is 4.12. The van der Waals surface area contributed by atoms with E-state index in [1.54, 1.807) is 7.05 Å². The van der Waals surface area contributed by atoms with Gasteiger partial charge in [0.05, 0.1) is 5.71 Å². The summed E-state index contributed by atoms with van der Waals surface area (Å²) in [4.78, 5) is 17.7. The lowest BCUT2D eigenvalue weighted by Gasteiger charge is -2.17. The van der Waals surface area contributed by atoms with E-state index in [2.05, 4.69) is 17.4 Å². The van der Waals surface area contributed by atoms with Gasteiger partial charge >= 0.3 is 0 Å². The molecular weight excluding hydrogens is 364 g/mol. The summed E-state index contributed by atoms with van der Waals surface area (Å²) in [7, 11) is 3.09. The topological polar surface area (TPSA) is 59.9 Å². The summed E-state index contributed by atoms with van der Waals surface area (Å²) in [5.41, 5.74) is 3.46. The first-order valence-electron chi connectivity index (χ1n) is 8.87. The molecule has 0 saturated heterocycles. The summed E-state index contributed by atoms with van der Waals surface area (Å²) in [6.07, 6.45) is 1.05. The second-order valence-electron chi connectivity index (χ2n) is 6.00. The molecule has 0 aliphatic carbocycles. The minimum Gasteiger partial charge on any atom is -0.391 e. The monoisotopic (exact) mass is 388 g/mol. The zero-order valence-electron chi connectivity index (χ0n) is 15.9. The number of amides is 1. The van der Waals surface area contributed by atoms with E-state index >= 15 is 0 Å². The highest BCUT2D eigenvalue weighted by Crippen LogP contribution is 2.22. The van der Waals surface area contributed by atoms with Crippen molar-refractivity contribution in [1.29, 1.82) is 0 Å². The Bertz CT molecular complexity index is 775. The summed E-state index contributed by atoms with van der Waals surface area (Å²) >= 11 is 5.96. The van der Waals surface area contributed by atoms with Crippen molar-refractivity contribution in [2.75, 3.05) is 14.2 Å². The maximum atomic E-state index is 12.1. The summed E-state index contributed by atoms with van der Waals surface area (Å²) in [5, 5.41) is 7.63. The number of methoxy groups -OCH3 is 1. The van der Waals surface area contributed by atoms with E-state index < -0.39 is 6.10 Å². The third-order valence-corrected chi connectivity index (χ3v) is 4.37. The van der Waals surface area contributed by atoms with Gasteiger partial charge in [-0.25, -0.2) is 0 Å². The number of benzene rings is 2. The lowest BCUT2D eigenvalue weighted by Crippen LogP contribution is -2.27. The van der Waals surface area contributed by atoms with E-state index in [4.69, 9.17) is 21.2 Å². The van der Waals surface area contributed by atoms with Gasteiger partial charge in [-0.3, -0.25) is 4.79 Å². The number of carbonyl (C=O) groups excluding carboxylic acids is 1. The quantitative estimate of drug-likeness (QED) is 0.508. The summed E-state index contributed by atoms with van der Waals surface area (Å²) in [6.45, 7) is 2.33. The van der Waals surface area contributed by atoms with Gasteiger partial charge in [0.25, 0.3) is 5.91 Å². The lowest BCUT2D eigenvalue weighted by molar-refractivity contribution is -0.130. The highest BCUT2D eigenvalue weighted by molar-refractivity contribution is 6.30. The summed E-state index contributed by atoms with van der Waals surface area (Å²) < 4.78 is 5.36. The molecule has 5 nitrogen and oxygen atoms in total. The van der Waals surface area contributed by atoms with Crippen molar-refractivity contribution in [3.05, 3.63) is 70.2 Å². The van der Waals surface area contributed by atoms with Gasteiger partial charge in [-0.05, 0) is 35.2 Å². The molecule has 2 aromatic carbocycles. The van der Waals surface area contributed by atoms with E-state index in [-0.39, 0.29) is 12.5 Å². The van der Waals surface area contributed by atoms with Crippen LogP contribution >= 0.6 is 11.6 Å². The Morgan fingerprint density at radius 1 is 1.19 bits per heavy atom. The number of likely N-dealkylation sites (N-methyl/N-ethyl adjacent to an activating group) is 1. The maximum absolute atomic E-state index is 12.1. The largest absolute Gasteiger partial charge is 0.391 e. The third kappa shape index (κ3) is 5.81. The lowest BCUT2D eigenvalue weighted by atomic mass is 10.0. The predicted octanol–water partition coefficient (Wildman–Crippen LogP) is 4.49. The minimum absolute atomic E-state index is 0.207. The second kappa shape index (κ2) is 10.7. The molecule has 0 bridgehead atoms. The molecule has 2 aromatic rings. The Labute approximate surface area is 165 Å². The molecule has 1 N–H and O–H groups in total. The average Bonchev–Trinajstić information content (AvgIpc) is 2.69. The van der Waals surface area contributed by atoms with Crippen LogP contribution in [0.5, 0.6) is 0 Å². The number of nitrogens with one attached hydrogen (secondary N) is 1. The molecule has 1 unspecified atom stereocenters. The van der Waals surface area contributed by atoms with Gasteiger partial charge in [0, 0.05) is 19.2 Å². The van der Waals surface area contributed by atoms with Gasteiger partial charge in [0.2, 0.25) is 0 Å². The van der Waals surface area contributed by atoms with Crippen LogP contribution in [0.15, 0.2) is 53.7 Å². The Kier molecular flexibility index (Phi) is 8.30. The van der Waals surface area contributed by atoms with Gasteiger partial charge in [-0.1, -0.05) is 66.5 Å². The zero-order chi connectivity index (χ0) is 19.6. The number of halogens is 1. The average molecular weight is 389 g/mol. The van der Waals surface area contributed by atoms with Gasteiger partial charge in [-0.15, -0.1) is 0 Å². The first-order chi connectivity index (χ1) is 13.1. The molecule has 27 heavy (non-hydrogen) atoms. The Balaban J connectivity index is 2.18. The molecule has 0 spiro atoms. The molecule has 0 aliphatic rings. The highest BCUT2D eigenvalue weighted by atomic mass is 35.5. The molecule has 0 saturated carbocycles. The Morgan fingerprint density at radius 2 is 1.89 bits per heavy atom. The molecule has 0 heterocycles. The molecule has 0 aromatic heterocycles. The number of nitrogens with zero attached hydrogens (tertiary/aromatic N) is 1. The maximum Gasteiger partial charge on any atom is 0.253 e. The molecule has 1 amide bonds.